The number of benzene rings is 1. The number of carbonyl (C=O) groups is 2. The zero-order chi connectivity index (χ0) is 14.8. The van der Waals surface area contributed by atoms with Gasteiger partial charge in [0, 0.05) is 18.2 Å². The number of carbonyl (C=O) groups excluding carboxylic acids is 2. The van der Waals surface area contributed by atoms with E-state index in [0.29, 0.717) is 13.0 Å². The molecule has 2 fully saturated rings. The summed E-state index contributed by atoms with van der Waals surface area (Å²) >= 11 is 0. The van der Waals surface area contributed by atoms with Gasteiger partial charge in [-0.3, -0.25) is 9.59 Å². The molecule has 0 bridgehead atoms. The monoisotopic (exact) mass is 286 g/mol. The van der Waals surface area contributed by atoms with Gasteiger partial charge < -0.3 is 10.6 Å². The summed E-state index contributed by atoms with van der Waals surface area (Å²) < 4.78 is 0. The first kappa shape index (κ1) is 14.1. The highest BCUT2D eigenvalue weighted by molar-refractivity contribution is 5.93. The van der Waals surface area contributed by atoms with E-state index in [2.05, 4.69) is 10.6 Å². The standard InChI is InChI=1S/C17H22N2O2/c1-2-18-16(20)7-11-3-5-15(6-4-11)19-17(21)14-9-12-8-13(12)10-14/h3-6,12-14H,2,7-10H2,1H3,(H,18,20)(H,19,21). The number of fused-ring (bicyclic) bond motifs is 1. The molecule has 3 rings (SSSR count). The van der Waals surface area contributed by atoms with Crippen LogP contribution in [0.3, 0.4) is 0 Å². The molecule has 2 aliphatic rings. The van der Waals surface area contributed by atoms with Crippen LogP contribution in [-0.2, 0) is 16.0 Å². The van der Waals surface area contributed by atoms with Crippen LogP contribution in [0.5, 0.6) is 0 Å². The Bertz CT molecular complexity index is 528. The van der Waals surface area contributed by atoms with Gasteiger partial charge in [-0.15, -0.1) is 0 Å². The van der Waals surface area contributed by atoms with Crippen LogP contribution in [-0.4, -0.2) is 18.4 Å². The summed E-state index contributed by atoms with van der Waals surface area (Å²) in [5, 5.41) is 5.77. The van der Waals surface area contributed by atoms with E-state index in [4.69, 9.17) is 0 Å². The zero-order valence-corrected chi connectivity index (χ0v) is 12.4. The molecular formula is C17H22N2O2. The molecule has 2 saturated carbocycles. The first-order valence-electron chi connectivity index (χ1n) is 7.82. The lowest BCUT2D eigenvalue weighted by Gasteiger charge is -2.12. The normalized spacial score (nSPS) is 26.0. The number of hydrogen-bond donors (Lipinski definition) is 2. The van der Waals surface area contributed by atoms with Crippen molar-refractivity contribution < 1.29 is 9.59 Å². The predicted molar refractivity (Wildman–Crippen MR) is 81.8 cm³/mol. The van der Waals surface area contributed by atoms with Gasteiger partial charge in [-0.05, 0) is 55.7 Å². The van der Waals surface area contributed by atoms with Crippen molar-refractivity contribution in [3.8, 4) is 0 Å². The second-order valence-electron chi connectivity index (χ2n) is 6.24. The molecule has 0 heterocycles. The Labute approximate surface area is 125 Å². The van der Waals surface area contributed by atoms with Crippen LogP contribution in [0, 0.1) is 17.8 Å². The fraction of sp³-hybridized carbons (Fsp3) is 0.529. The molecule has 2 atom stereocenters. The van der Waals surface area contributed by atoms with Crippen molar-refractivity contribution in [2.24, 2.45) is 17.8 Å². The number of amides is 2. The van der Waals surface area contributed by atoms with Crippen LogP contribution in [0.15, 0.2) is 24.3 Å². The van der Waals surface area contributed by atoms with E-state index in [1.54, 1.807) is 0 Å². The van der Waals surface area contributed by atoms with Gasteiger partial charge in [-0.1, -0.05) is 12.1 Å². The van der Waals surface area contributed by atoms with Gasteiger partial charge >= 0.3 is 0 Å². The molecule has 1 aromatic rings. The summed E-state index contributed by atoms with van der Waals surface area (Å²) in [5.41, 5.74) is 1.78. The Kier molecular flexibility index (Phi) is 3.95. The van der Waals surface area contributed by atoms with Crippen molar-refractivity contribution >= 4 is 17.5 Å². The van der Waals surface area contributed by atoms with Gasteiger partial charge in [-0.25, -0.2) is 0 Å². The van der Waals surface area contributed by atoms with Crippen LogP contribution in [0.2, 0.25) is 0 Å². The molecule has 1 aromatic carbocycles. The second kappa shape index (κ2) is 5.88. The Balaban J connectivity index is 1.52. The van der Waals surface area contributed by atoms with Crippen LogP contribution < -0.4 is 10.6 Å². The molecular weight excluding hydrogens is 264 g/mol. The molecule has 4 nitrogen and oxygen atoms in total. The minimum Gasteiger partial charge on any atom is -0.356 e. The number of rotatable bonds is 5. The molecule has 0 aliphatic heterocycles. The van der Waals surface area contributed by atoms with Crippen LogP contribution >= 0.6 is 0 Å². The fourth-order valence-corrected chi connectivity index (χ4v) is 3.32. The molecule has 0 saturated heterocycles. The molecule has 21 heavy (non-hydrogen) atoms. The molecule has 2 aliphatic carbocycles. The van der Waals surface area contributed by atoms with Crippen molar-refractivity contribution in [1.82, 2.24) is 5.32 Å². The summed E-state index contributed by atoms with van der Waals surface area (Å²) in [4.78, 5) is 23.7. The Hall–Kier alpha value is -1.84. The summed E-state index contributed by atoms with van der Waals surface area (Å²) in [7, 11) is 0. The molecule has 2 unspecified atom stereocenters. The van der Waals surface area contributed by atoms with Gasteiger partial charge in [0.05, 0.1) is 6.42 Å². The van der Waals surface area contributed by atoms with Crippen molar-refractivity contribution in [2.75, 3.05) is 11.9 Å². The Morgan fingerprint density at radius 1 is 1.10 bits per heavy atom. The third-order valence-electron chi connectivity index (χ3n) is 4.57. The second-order valence-corrected chi connectivity index (χ2v) is 6.24. The maximum absolute atomic E-state index is 12.2. The lowest BCUT2D eigenvalue weighted by atomic mass is 10.0. The maximum Gasteiger partial charge on any atom is 0.227 e. The number of nitrogens with one attached hydrogen (secondary N) is 2. The van der Waals surface area contributed by atoms with E-state index in [-0.39, 0.29) is 17.7 Å². The summed E-state index contributed by atoms with van der Waals surface area (Å²) in [6.07, 6.45) is 3.84. The summed E-state index contributed by atoms with van der Waals surface area (Å²) in [5.74, 6) is 2.02. The largest absolute Gasteiger partial charge is 0.356 e. The Morgan fingerprint density at radius 3 is 2.38 bits per heavy atom. The lowest BCUT2D eigenvalue weighted by Crippen LogP contribution is -2.24. The SMILES string of the molecule is CCNC(=O)Cc1ccc(NC(=O)C2CC3CC3C2)cc1. The average Bonchev–Trinajstić information content (AvgIpc) is 3.07. The van der Waals surface area contributed by atoms with Gasteiger partial charge in [0.15, 0.2) is 0 Å². The minimum atomic E-state index is 0.0273. The highest BCUT2D eigenvalue weighted by atomic mass is 16.2. The van der Waals surface area contributed by atoms with Crippen molar-refractivity contribution in [3.63, 3.8) is 0 Å². The topological polar surface area (TPSA) is 58.2 Å². The van der Waals surface area contributed by atoms with Crippen molar-refractivity contribution in [2.45, 2.75) is 32.6 Å². The van der Waals surface area contributed by atoms with E-state index < -0.39 is 0 Å². The third-order valence-corrected chi connectivity index (χ3v) is 4.57. The summed E-state index contributed by atoms with van der Waals surface area (Å²) in [6, 6.07) is 7.55. The van der Waals surface area contributed by atoms with E-state index in [9.17, 15) is 9.59 Å². The fourth-order valence-electron chi connectivity index (χ4n) is 3.32. The van der Waals surface area contributed by atoms with E-state index in [0.717, 1.165) is 35.9 Å². The van der Waals surface area contributed by atoms with Crippen molar-refractivity contribution in [3.05, 3.63) is 29.8 Å². The number of hydrogen-bond acceptors (Lipinski definition) is 2. The van der Waals surface area contributed by atoms with Gasteiger partial charge in [0.1, 0.15) is 0 Å². The molecule has 0 spiro atoms. The molecule has 2 amide bonds. The minimum absolute atomic E-state index is 0.0273. The van der Waals surface area contributed by atoms with Crippen LogP contribution in [0.25, 0.3) is 0 Å². The number of anilines is 1. The summed E-state index contributed by atoms with van der Waals surface area (Å²) in [6.45, 7) is 2.56. The first-order valence-corrected chi connectivity index (χ1v) is 7.82. The molecule has 0 aromatic heterocycles. The lowest BCUT2D eigenvalue weighted by molar-refractivity contribution is -0.121. The van der Waals surface area contributed by atoms with E-state index in [1.165, 1.54) is 6.42 Å². The smallest absolute Gasteiger partial charge is 0.227 e. The van der Waals surface area contributed by atoms with Gasteiger partial charge in [0.25, 0.3) is 0 Å². The third kappa shape index (κ3) is 3.43. The quantitative estimate of drug-likeness (QED) is 0.873. The molecule has 2 N–H and O–H groups in total. The predicted octanol–water partition coefficient (Wildman–Crippen LogP) is 2.35. The van der Waals surface area contributed by atoms with Crippen LogP contribution in [0.1, 0.15) is 31.7 Å². The van der Waals surface area contributed by atoms with Gasteiger partial charge in [0.2, 0.25) is 11.8 Å². The zero-order valence-electron chi connectivity index (χ0n) is 12.4. The van der Waals surface area contributed by atoms with E-state index >= 15 is 0 Å². The van der Waals surface area contributed by atoms with Gasteiger partial charge in [-0.2, -0.15) is 0 Å². The van der Waals surface area contributed by atoms with Crippen LogP contribution in [0.4, 0.5) is 5.69 Å². The molecule has 112 valence electrons. The highest BCUT2D eigenvalue weighted by Gasteiger charge is 2.47. The van der Waals surface area contributed by atoms with E-state index in [1.807, 2.05) is 31.2 Å². The number of likely N-dealkylation sites (N-methyl/N-ethyl adjacent to an activating group) is 1. The Morgan fingerprint density at radius 2 is 1.76 bits per heavy atom. The molecule has 0 radical (unpaired) electrons. The average molecular weight is 286 g/mol. The maximum atomic E-state index is 12.2. The van der Waals surface area contributed by atoms with Crippen molar-refractivity contribution in [1.29, 1.82) is 0 Å². The molecule has 4 heteroatoms. The highest BCUT2D eigenvalue weighted by Crippen LogP contribution is 2.54. The first-order chi connectivity index (χ1) is 10.2.